The van der Waals surface area contributed by atoms with Crippen molar-refractivity contribution in [3.63, 3.8) is 0 Å². The fraction of sp³-hybridized carbons (Fsp3) is 0.143. The predicted molar refractivity (Wildman–Crippen MR) is 88.4 cm³/mol. The average molecular weight is 395 g/mol. The summed E-state index contributed by atoms with van der Waals surface area (Å²) in [5, 5.41) is 6.77. The Hall–Kier alpha value is -2.26. The van der Waals surface area contributed by atoms with Gasteiger partial charge in [0.2, 0.25) is 0 Å². The minimum Gasteiger partial charge on any atom is -0.388 e. The molecule has 2 heterocycles. The summed E-state index contributed by atoms with van der Waals surface area (Å²) in [6.45, 7) is 0.221. The first-order chi connectivity index (χ1) is 11.1. The predicted octanol–water partition coefficient (Wildman–Crippen LogP) is 2.56. The molecule has 9 heteroatoms. The van der Waals surface area contributed by atoms with Crippen LogP contribution in [0.1, 0.15) is 16.4 Å². The molecule has 3 rings (SSSR count). The van der Waals surface area contributed by atoms with Gasteiger partial charge in [-0.3, -0.25) is 0 Å². The molecular formula is C14H11BrN4O3S. The van der Waals surface area contributed by atoms with Crippen molar-refractivity contribution in [3.8, 4) is 0 Å². The fourth-order valence-electron chi connectivity index (χ4n) is 1.87. The molecule has 118 valence electrons. The minimum absolute atomic E-state index is 0.221. The molecule has 0 fully saturated rings. The Bertz CT molecular complexity index is 885. The van der Waals surface area contributed by atoms with Gasteiger partial charge in [-0.25, -0.2) is 9.78 Å². The Morgan fingerprint density at radius 1 is 1.39 bits per heavy atom. The van der Waals surface area contributed by atoms with Crippen molar-refractivity contribution in [3.05, 3.63) is 67.3 Å². The highest BCUT2D eigenvalue weighted by Gasteiger charge is 2.16. The van der Waals surface area contributed by atoms with Crippen LogP contribution in [0.3, 0.4) is 0 Å². The van der Waals surface area contributed by atoms with Crippen molar-refractivity contribution in [1.82, 2.24) is 14.7 Å². The van der Waals surface area contributed by atoms with E-state index in [1.165, 1.54) is 16.1 Å². The van der Waals surface area contributed by atoms with Crippen molar-refractivity contribution in [2.75, 3.05) is 0 Å². The number of aryl methyl sites for hydroxylation is 1. The highest BCUT2D eigenvalue weighted by molar-refractivity contribution is 9.10. The van der Waals surface area contributed by atoms with Gasteiger partial charge in [0, 0.05) is 18.0 Å². The number of thiazole rings is 1. The van der Waals surface area contributed by atoms with Gasteiger partial charge in [-0.05, 0) is 15.9 Å². The maximum absolute atomic E-state index is 11.3. The summed E-state index contributed by atoms with van der Waals surface area (Å²) in [6.07, 6.45) is 0. The van der Waals surface area contributed by atoms with Crippen LogP contribution in [-0.4, -0.2) is 20.4 Å². The van der Waals surface area contributed by atoms with Crippen LogP contribution in [-0.2, 0) is 18.5 Å². The van der Waals surface area contributed by atoms with Gasteiger partial charge in [0.15, 0.2) is 18.1 Å². The van der Waals surface area contributed by atoms with Crippen molar-refractivity contribution in [1.29, 1.82) is 0 Å². The summed E-state index contributed by atoms with van der Waals surface area (Å²) in [7, 11) is 1.58. The molecule has 0 unspecified atom stereocenters. The molecule has 0 N–H and O–H groups in total. The fourth-order valence-corrected chi connectivity index (χ4v) is 3.03. The topological polar surface area (TPSA) is 82.5 Å². The minimum atomic E-state index is -0.685. The number of oxime groups is 1. The van der Waals surface area contributed by atoms with E-state index in [-0.39, 0.29) is 6.61 Å². The van der Waals surface area contributed by atoms with E-state index in [2.05, 4.69) is 31.1 Å². The molecule has 7 nitrogen and oxygen atoms in total. The van der Waals surface area contributed by atoms with E-state index in [9.17, 15) is 4.79 Å². The van der Waals surface area contributed by atoms with Gasteiger partial charge in [-0.2, -0.15) is 9.72 Å². The quantitative estimate of drug-likeness (QED) is 0.490. The zero-order valence-electron chi connectivity index (χ0n) is 12.0. The molecule has 0 aliphatic carbocycles. The summed E-state index contributed by atoms with van der Waals surface area (Å²) in [6, 6.07) is 9.31. The summed E-state index contributed by atoms with van der Waals surface area (Å²) < 4.78 is 6.90. The Kier molecular flexibility index (Phi) is 4.68. The summed E-state index contributed by atoms with van der Waals surface area (Å²) in [5.41, 5.74) is 1.17. The first kappa shape index (κ1) is 15.6. The molecular weight excluding hydrogens is 384 g/mol. The number of aromatic nitrogens is 3. The van der Waals surface area contributed by atoms with E-state index in [4.69, 9.17) is 9.36 Å². The molecule has 0 bridgehead atoms. The summed E-state index contributed by atoms with van der Waals surface area (Å²) in [4.78, 5) is 24.8. The van der Waals surface area contributed by atoms with Crippen LogP contribution in [0.4, 0.5) is 0 Å². The van der Waals surface area contributed by atoms with Crippen LogP contribution >= 0.6 is 27.3 Å². The number of nitrogens with zero attached hydrogens (tertiary/aromatic N) is 4. The van der Waals surface area contributed by atoms with E-state index >= 15 is 0 Å². The first-order valence-electron chi connectivity index (χ1n) is 6.53. The smallest absolute Gasteiger partial charge is 0.388 e. The van der Waals surface area contributed by atoms with E-state index in [1.807, 2.05) is 35.7 Å². The van der Waals surface area contributed by atoms with Gasteiger partial charge < -0.3 is 9.36 Å². The van der Waals surface area contributed by atoms with Crippen molar-refractivity contribution < 1.29 is 9.36 Å². The third-order valence-corrected chi connectivity index (χ3v) is 4.37. The number of hydrogen-bond donors (Lipinski definition) is 0. The number of rotatable bonds is 5. The van der Waals surface area contributed by atoms with Crippen molar-refractivity contribution in [2.45, 2.75) is 6.61 Å². The largest absolute Gasteiger partial charge is 0.460 e. The van der Waals surface area contributed by atoms with E-state index in [0.717, 1.165) is 15.2 Å². The standard InChI is InChI=1S/C14H11BrN4O3S/c1-19-13(17-14(20)22-19)12(9-5-3-2-4-6-9)18-21-7-11-16-10(15)8-23-11/h2-6,8H,7H2,1H3. The zero-order valence-corrected chi connectivity index (χ0v) is 14.4. The summed E-state index contributed by atoms with van der Waals surface area (Å²) >= 11 is 4.74. The van der Waals surface area contributed by atoms with Crippen LogP contribution in [0.2, 0.25) is 0 Å². The van der Waals surface area contributed by atoms with E-state index in [1.54, 1.807) is 7.05 Å². The molecule has 2 aromatic heterocycles. The van der Waals surface area contributed by atoms with Gasteiger partial charge in [0.25, 0.3) is 0 Å². The van der Waals surface area contributed by atoms with Crippen LogP contribution in [0.25, 0.3) is 0 Å². The molecule has 0 aliphatic rings. The lowest BCUT2D eigenvalue weighted by molar-refractivity contribution is 0.130. The van der Waals surface area contributed by atoms with Crippen LogP contribution in [0, 0.1) is 0 Å². The highest BCUT2D eigenvalue weighted by atomic mass is 79.9. The van der Waals surface area contributed by atoms with E-state index < -0.39 is 5.76 Å². The first-order valence-corrected chi connectivity index (χ1v) is 8.21. The molecule has 0 amide bonds. The van der Waals surface area contributed by atoms with Crippen LogP contribution in [0.5, 0.6) is 0 Å². The third-order valence-electron chi connectivity index (χ3n) is 2.84. The lowest BCUT2D eigenvalue weighted by atomic mass is 10.1. The molecule has 0 radical (unpaired) electrons. The van der Waals surface area contributed by atoms with E-state index in [0.29, 0.717) is 11.5 Å². The highest BCUT2D eigenvalue weighted by Crippen LogP contribution is 2.16. The average Bonchev–Trinajstić information content (AvgIpc) is 3.10. The maximum atomic E-state index is 11.3. The normalized spacial score (nSPS) is 11.7. The van der Waals surface area contributed by atoms with Crippen molar-refractivity contribution >= 4 is 33.0 Å². The van der Waals surface area contributed by atoms with Gasteiger partial charge in [0.05, 0.1) is 0 Å². The molecule has 0 spiro atoms. The Morgan fingerprint density at radius 3 is 2.78 bits per heavy atom. The zero-order chi connectivity index (χ0) is 16.2. The van der Waals surface area contributed by atoms with Gasteiger partial charge >= 0.3 is 5.76 Å². The second-order valence-corrected chi connectivity index (χ2v) is 6.19. The number of benzene rings is 1. The second-order valence-electron chi connectivity index (χ2n) is 4.43. The summed E-state index contributed by atoms with van der Waals surface area (Å²) in [5.74, 6) is -0.392. The Morgan fingerprint density at radius 2 is 2.17 bits per heavy atom. The maximum Gasteiger partial charge on any atom is 0.460 e. The molecule has 0 aliphatic heterocycles. The Labute approximate surface area is 143 Å². The molecule has 0 atom stereocenters. The van der Waals surface area contributed by atoms with Gasteiger partial charge in [0.1, 0.15) is 9.61 Å². The van der Waals surface area contributed by atoms with Crippen LogP contribution < -0.4 is 5.76 Å². The molecule has 0 saturated carbocycles. The monoisotopic (exact) mass is 394 g/mol. The molecule has 23 heavy (non-hydrogen) atoms. The number of halogens is 1. The van der Waals surface area contributed by atoms with Crippen molar-refractivity contribution in [2.24, 2.45) is 12.2 Å². The lowest BCUT2D eigenvalue weighted by Gasteiger charge is -2.05. The molecule has 1 aromatic carbocycles. The number of hydrogen-bond acceptors (Lipinski definition) is 7. The lowest BCUT2D eigenvalue weighted by Crippen LogP contribution is -2.11. The molecule has 0 saturated heterocycles. The third kappa shape index (κ3) is 3.74. The second kappa shape index (κ2) is 6.88. The van der Waals surface area contributed by atoms with Crippen LogP contribution in [0.15, 0.2) is 54.8 Å². The molecule has 3 aromatic rings. The Balaban J connectivity index is 1.90. The van der Waals surface area contributed by atoms with Gasteiger partial charge in [-0.15, -0.1) is 11.3 Å². The SMILES string of the molecule is Cn1oc(=O)nc1C(=NOCc1nc(Br)cs1)c1ccccc1. The van der Waals surface area contributed by atoms with Gasteiger partial charge in [-0.1, -0.05) is 35.5 Å².